The fraction of sp³-hybridized carbons (Fsp3) is 0.286. The van der Waals surface area contributed by atoms with Gasteiger partial charge in [0.2, 0.25) is 0 Å². The van der Waals surface area contributed by atoms with E-state index in [1.54, 1.807) is 5.30 Å². The first kappa shape index (κ1) is 20.9. The molecule has 0 unspecified atom stereocenters. The van der Waals surface area contributed by atoms with Crippen molar-refractivity contribution in [1.82, 2.24) is 0 Å². The lowest BCUT2D eigenvalue weighted by Crippen LogP contribution is -2.19. The Bertz CT molecular complexity index is 1180. The van der Waals surface area contributed by atoms with Gasteiger partial charge in [0.15, 0.2) is 0 Å². The van der Waals surface area contributed by atoms with Gasteiger partial charge in [0.1, 0.15) is 0 Å². The maximum Gasteiger partial charge on any atom is 0.0520 e. The van der Waals surface area contributed by atoms with E-state index < -0.39 is 0 Å². The Kier molecular flexibility index (Phi) is 5.85. The van der Waals surface area contributed by atoms with Crippen molar-refractivity contribution >= 4 is 40.5 Å². The van der Waals surface area contributed by atoms with E-state index in [4.69, 9.17) is 0 Å². The van der Waals surface area contributed by atoms with E-state index in [9.17, 15) is 0 Å². The van der Waals surface area contributed by atoms with Crippen LogP contribution in [0.2, 0.25) is 0 Å². The fourth-order valence-corrected chi connectivity index (χ4v) is 8.00. The van der Waals surface area contributed by atoms with Gasteiger partial charge in [-0.2, -0.15) is 0 Å². The lowest BCUT2D eigenvalue weighted by atomic mass is 9.95. The first-order valence-corrected chi connectivity index (χ1v) is 12.4. The molecule has 4 rings (SSSR count). The van der Waals surface area contributed by atoms with Crippen molar-refractivity contribution < 1.29 is 0 Å². The molecule has 4 aromatic carbocycles. The van der Waals surface area contributed by atoms with Crippen LogP contribution in [0.5, 0.6) is 0 Å². The van der Waals surface area contributed by atoms with Crippen LogP contribution in [0.15, 0.2) is 72.8 Å². The highest BCUT2D eigenvalue weighted by molar-refractivity contribution is 7.67. The average molecular weight is 414 g/mol. The van der Waals surface area contributed by atoms with Gasteiger partial charge in [-0.1, -0.05) is 108 Å². The van der Waals surface area contributed by atoms with Crippen LogP contribution in [-0.2, 0) is 0 Å². The van der Waals surface area contributed by atoms with Crippen molar-refractivity contribution in [2.24, 2.45) is 0 Å². The smallest absolute Gasteiger partial charge is 0.0520 e. The van der Waals surface area contributed by atoms with Crippen LogP contribution in [0.3, 0.4) is 0 Å². The molecule has 0 N–H and O–H groups in total. The van der Waals surface area contributed by atoms with E-state index in [2.05, 4.69) is 119 Å². The Morgan fingerprint density at radius 3 is 1.67 bits per heavy atom. The van der Waals surface area contributed by atoms with E-state index in [1.807, 2.05) is 0 Å². The summed E-state index contributed by atoms with van der Waals surface area (Å²) in [5.74, 6) is 0. The third-order valence-corrected chi connectivity index (χ3v) is 9.13. The summed E-state index contributed by atoms with van der Waals surface area (Å²) in [6.07, 6.45) is 0. The minimum atomic E-state index is -0.311. The standard InChI is InChI=1S/C28H32NP/c1-19(2)30(20(3)4)28-24-14-10-8-12-22(24)16-18-26(28)25-17-15-21-11-7-9-13-23(21)27(25)29(5)6/h7-20H,1-6H3. The molecule has 2 heteroatoms. The van der Waals surface area contributed by atoms with E-state index in [0.29, 0.717) is 11.3 Å². The average Bonchev–Trinajstić information content (AvgIpc) is 2.72. The molecule has 0 fully saturated rings. The molecule has 0 radical (unpaired) electrons. The second-order valence-corrected chi connectivity index (χ2v) is 12.2. The summed E-state index contributed by atoms with van der Waals surface area (Å²) < 4.78 is 0. The summed E-state index contributed by atoms with van der Waals surface area (Å²) in [6, 6.07) is 26.9. The summed E-state index contributed by atoms with van der Waals surface area (Å²) in [7, 11) is 4.02. The predicted molar refractivity (Wildman–Crippen MR) is 138 cm³/mol. The number of hydrogen-bond donors (Lipinski definition) is 0. The molecule has 0 aliphatic carbocycles. The predicted octanol–water partition coefficient (Wildman–Crippen LogP) is 7.65. The van der Waals surface area contributed by atoms with Crippen LogP contribution in [0.4, 0.5) is 5.69 Å². The second kappa shape index (κ2) is 8.40. The van der Waals surface area contributed by atoms with Crippen molar-refractivity contribution in [3.8, 4) is 11.1 Å². The van der Waals surface area contributed by atoms with Crippen LogP contribution in [0.25, 0.3) is 32.7 Å². The Labute approximate surface area is 182 Å². The van der Waals surface area contributed by atoms with Gasteiger partial charge < -0.3 is 4.90 Å². The number of rotatable bonds is 5. The van der Waals surface area contributed by atoms with Gasteiger partial charge in [0, 0.05) is 25.0 Å². The third kappa shape index (κ3) is 3.61. The zero-order valence-corrected chi connectivity index (χ0v) is 19.9. The van der Waals surface area contributed by atoms with Crippen molar-refractivity contribution in [3.05, 3.63) is 72.8 Å². The third-order valence-electron chi connectivity index (χ3n) is 5.91. The number of fused-ring (bicyclic) bond motifs is 2. The lowest BCUT2D eigenvalue weighted by Gasteiger charge is -2.31. The molecule has 0 saturated heterocycles. The van der Waals surface area contributed by atoms with Crippen molar-refractivity contribution in [3.63, 3.8) is 0 Å². The highest BCUT2D eigenvalue weighted by Crippen LogP contribution is 2.50. The Morgan fingerprint density at radius 2 is 1.10 bits per heavy atom. The number of nitrogens with zero attached hydrogens (tertiary/aromatic N) is 1. The van der Waals surface area contributed by atoms with Crippen molar-refractivity contribution in [2.75, 3.05) is 19.0 Å². The van der Waals surface area contributed by atoms with Gasteiger partial charge in [-0.15, -0.1) is 0 Å². The molecule has 0 aliphatic heterocycles. The summed E-state index contributed by atoms with van der Waals surface area (Å²) in [5.41, 5.74) is 5.32. The van der Waals surface area contributed by atoms with E-state index >= 15 is 0 Å². The highest BCUT2D eigenvalue weighted by atomic mass is 31.1. The molecule has 0 aliphatic rings. The molecule has 0 heterocycles. The zero-order chi connectivity index (χ0) is 21.4. The first-order chi connectivity index (χ1) is 14.4. The number of hydrogen-bond acceptors (Lipinski definition) is 1. The van der Waals surface area contributed by atoms with Crippen LogP contribution in [-0.4, -0.2) is 25.4 Å². The number of benzene rings is 4. The van der Waals surface area contributed by atoms with E-state index in [0.717, 1.165) is 0 Å². The summed E-state index contributed by atoms with van der Waals surface area (Å²) in [5, 5.41) is 6.94. The van der Waals surface area contributed by atoms with Crippen molar-refractivity contribution in [2.45, 2.75) is 39.0 Å². The second-order valence-electron chi connectivity index (χ2n) is 8.85. The zero-order valence-electron chi connectivity index (χ0n) is 19.0. The Balaban J connectivity index is 2.12. The van der Waals surface area contributed by atoms with Gasteiger partial charge in [-0.3, -0.25) is 0 Å². The molecular weight excluding hydrogens is 381 g/mol. The first-order valence-electron chi connectivity index (χ1n) is 10.9. The van der Waals surface area contributed by atoms with E-state index in [-0.39, 0.29) is 7.92 Å². The molecule has 0 bridgehead atoms. The van der Waals surface area contributed by atoms with E-state index in [1.165, 1.54) is 38.4 Å². The van der Waals surface area contributed by atoms with Crippen LogP contribution < -0.4 is 10.2 Å². The summed E-state index contributed by atoms with van der Waals surface area (Å²) in [4.78, 5) is 2.28. The fourth-order valence-electron chi connectivity index (χ4n) is 4.82. The molecule has 0 saturated carbocycles. The maximum absolute atomic E-state index is 2.39. The van der Waals surface area contributed by atoms with Gasteiger partial charge in [0.05, 0.1) is 5.69 Å². The molecule has 0 aromatic heterocycles. The lowest BCUT2D eigenvalue weighted by molar-refractivity contribution is 1.02. The number of anilines is 1. The summed E-state index contributed by atoms with van der Waals surface area (Å²) in [6.45, 7) is 9.57. The molecular formula is C28H32NP. The monoisotopic (exact) mass is 413 g/mol. The minimum absolute atomic E-state index is 0.311. The molecule has 1 nitrogen and oxygen atoms in total. The van der Waals surface area contributed by atoms with Gasteiger partial charge in [0.25, 0.3) is 0 Å². The Hall–Kier alpha value is -2.37. The van der Waals surface area contributed by atoms with Crippen LogP contribution in [0.1, 0.15) is 27.7 Å². The van der Waals surface area contributed by atoms with Gasteiger partial charge in [-0.25, -0.2) is 0 Å². The molecule has 0 spiro atoms. The van der Waals surface area contributed by atoms with Crippen molar-refractivity contribution in [1.29, 1.82) is 0 Å². The maximum atomic E-state index is 2.39. The molecule has 154 valence electrons. The van der Waals surface area contributed by atoms with Gasteiger partial charge >= 0.3 is 0 Å². The molecule has 0 amide bonds. The molecule has 30 heavy (non-hydrogen) atoms. The largest absolute Gasteiger partial charge is 0.377 e. The SMILES string of the molecule is CC(C)P(c1c(-c2ccc3ccccc3c2N(C)C)ccc2ccccc12)C(C)C. The van der Waals surface area contributed by atoms with Gasteiger partial charge in [-0.05, 0) is 38.3 Å². The Morgan fingerprint density at radius 1 is 0.600 bits per heavy atom. The highest BCUT2D eigenvalue weighted by Gasteiger charge is 2.26. The van der Waals surface area contributed by atoms with Crippen LogP contribution in [0, 0.1) is 0 Å². The molecule has 4 aromatic rings. The summed E-state index contributed by atoms with van der Waals surface area (Å²) >= 11 is 0. The van der Waals surface area contributed by atoms with Crippen LogP contribution >= 0.6 is 7.92 Å². The molecule has 0 atom stereocenters. The minimum Gasteiger partial charge on any atom is -0.377 e. The topological polar surface area (TPSA) is 3.24 Å². The quantitative estimate of drug-likeness (QED) is 0.304. The normalized spacial score (nSPS) is 11.9.